The number of β-amino-alcohol motifs (C(OH)–C–C–N with tert-alkyl or cyclic N) is 1. The number of halogens is 1. The lowest BCUT2D eigenvalue weighted by Crippen LogP contribution is -2.50. The van der Waals surface area contributed by atoms with Crippen molar-refractivity contribution < 1.29 is 47.8 Å². The Kier molecular flexibility index (Phi) is 8.78. The number of hydrogen-bond donors (Lipinski definition) is 4. The highest BCUT2D eigenvalue weighted by Crippen LogP contribution is 2.45. The van der Waals surface area contributed by atoms with Gasteiger partial charge in [0.1, 0.15) is 11.6 Å². The number of carbonyl (C=O) groups is 2. The van der Waals surface area contributed by atoms with Gasteiger partial charge in [0.2, 0.25) is 11.8 Å². The molecule has 3 fully saturated rings. The standard InChI is InChI=1S/C24H35FN3O9P/c1-14(2)36-21-4-3-15(25)9-19(21)27-7-5-26(6-8-27)12-16(29)13-28-23(31)17-10-20(30)22(37-38(33,34)35)11-18(17)24(28)32/h3-4,9,14,16-18,20,22,29-30H,5-8,10-13H2,1-2H3,(H2,33,34,35). The van der Waals surface area contributed by atoms with Gasteiger partial charge in [-0.05, 0) is 38.8 Å². The van der Waals surface area contributed by atoms with Gasteiger partial charge in [-0.25, -0.2) is 8.96 Å². The van der Waals surface area contributed by atoms with Crippen LogP contribution in [-0.2, 0) is 18.7 Å². The molecule has 2 amide bonds. The first-order chi connectivity index (χ1) is 17.8. The molecule has 0 bridgehead atoms. The molecule has 0 spiro atoms. The van der Waals surface area contributed by atoms with E-state index >= 15 is 0 Å². The molecule has 2 aliphatic heterocycles. The van der Waals surface area contributed by atoms with Gasteiger partial charge in [-0.3, -0.25) is 23.9 Å². The van der Waals surface area contributed by atoms with E-state index in [0.717, 1.165) is 4.90 Å². The Bertz CT molecular complexity index is 1080. The number of nitrogens with zero attached hydrogens (tertiary/aromatic N) is 3. The molecule has 3 aliphatic rings. The molecule has 212 valence electrons. The van der Waals surface area contributed by atoms with Crippen molar-refractivity contribution in [1.82, 2.24) is 9.80 Å². The summed E-state index contributed by atoms with van der Waals surface area (Å²) in [5.74, 6) is -2.51. The number of aliphatic hydroxyl groups is 2. The highest BCUT2D eigenvalue weighted by Gasteiger charge is 2.53. The van der Waals surface area contributed by atoms with Gasteiger partial charge in [-0.1, -0.05) is 0 Å². The summed E-state index contributed by atoms with van der Waals surface area (Å²) in [6.45, 7) is 6.05. The van der Waals surface area contributed by atoms with Crippen LogP contribution in [0.5, 0.6) is 5.75 Å². The number of ether oxygens (including phenoxy) is 1. The van der Waals surface area contributed by atoms with Gasteiger partial charge >= 0.3 is 7.82 Å². The number of rotatable bonds is 9. The number of aliphatic hydroxyl groups excluding tert-OH is 2. The number of carbonyl (C=O) groups excluding carboxylic acids is 2. The average Bonchev–Trinajstić information content (AvgIpc) is 3.04. The van der Waals surface area contributed by atoms with Crippen LogP contribution in [0.15, 0.2) is 18.2 Å². The Morgan fingerprint density at radius 1 is 1.05 bits per heavy atom. The van der Waals surface area contributed by atoms with Crippen LogP contribution in [0.3, 0.4) is 0 Å². The summed E-state index contributed by atoms with van der Waals surface area (Å²) in [6.07, 6.45) is -4.00. The molecule has 14 heteroatoms. The average molecular weight is 560 g/mol. The summed E-state index contributed by atoms with van der Waals surface area (Å²) >= 11 is 0. The molecule has 1 aromatic carbocycles. The topological polar surface area (TPSA) is 160 Å². The maximum Gasteiger partial charge on any atom is 0.469 e. The predicted molar refractivity (Wildman–Crippen MR) is 133 cm³/mol. The number of likely N-dealkylation sites (tertiary alicyclic amines) is 1. The smallest absolute Gasteiger partial charge is 0.469 e. The highest BCUT2D eigenvalue weighted by molar-refractivity contribution is 7.46. The minimum atomic E-state index is -4.88. The van der Waals surface area contributed by atoms with Crippen LogP contribution in [0.25, 0.3) is 0 Å². The van der Waals surface area contributed by atoms with Gasteiger partial charge in [0.25, 0.3) is 0 Å². The number of amides is 2. The largest absolute Gasteiger partial charge is 0.489 e. The monoisotopic (exact) mass is 559 g/mol. The van der Waals surface area contributed by atoms with Gasteiger partial charge in [-0.15, -0.1) is 0 Å². The van der Waals surface area contributed by atoms with Gasteiger partial charge in [0, 0.05) is 38.8 Å². The minimum Gasteiger partial charge on any atom is -0.489 e. The number of benzene rings is 1. The van der Waals surface area contributed by atoms with E-state index < -0.39 is 49.8 Å². The Balaban J connectivity index is 1.31. The number of imide groups is 1. The fraction of sp³-hybridized carbons (Fsp3) is 0.667. The molecule has 38 heavy (non-hydrogen) atoms. The molecule has 4 rings (SSSR count). The minimum absolute atomic E-state index is 0.0664. The number of hydrogen-bond acceptors (Lipinski definition) is 9. The zero-order chi connectivity index (χ0) is 27.8. The van der Waals surface area contributed by atoms with Crippen LogP contribution in [0.4, 0.5) is 10.1 Å². The van der Waals surface area contributed by atoms with Crippen molar-refractivity contribution in [1.29, 1.82) is 0 Å². The fourth-order valence-electron chi connectivity index (χ4n) is 5.50. The van der Waals surface area contributed by atoms with E-state index in [0.29, 0.717) is 37.6 Å². The van der Waals surface area contributed by atoms with Crippen LogP contribution >= 0.6 is 7.82 Å². The molecule has 0 radical (unpaired) electrons. The second-order valence-corrected chi connectivity index (χ2v) is 11.6. The fourth-order valence-corrected chi connectivity index (χ4v) is 6.08. The molecule has 2 heterocycles. The van der Waals surface area contributed by atoms with E-state index in [9.17, 15) is 28.8 Å². The van der Waals surface area contributed by atoms with Crippen molar-refractivity contribution in [2.24, 2.45) is 11.8 Å². The van der Waals surface area contributed by atoms with Crippen molar-refractivity contribution in [3.63, 3.8) is 0 Å². The van der Waals surface area contributed by atoms with Crippen LogP contribution < -0.4 is 9.64 Å². The van der Waals surface area contributed by atoms with Crippen molar-refractivity contribution in [2.75, 3.05) is 44.2 Å². The summed E-state index contributed by atoms with van der Waals surface area (Å²) in [7, 11) is -4.88. The van der Waals surface area contributed by atoms with E-state index in [1.54, 1.807) is 6.07 Å². The third kappa shape index (κ3) is 6.71. The van der Waals surface area contributed by atoms with E-state index in [1.807, 2.05) is 23.6 Å². The Labute approximate surface area is 220 Å². The van der Waals surface area contributed by atoms with Crippen LogP contribution in [0, 0.1) is 17.7 Å². The quantitative estimate of drug-likeness (QED) is 0.244. The number of phosphoric ester groups is 1. The number of phosphoric acid groups is 1. The summed E-state index contributed by atoms with van der Waals surface area (Å²) in [5, 5.41) is 20.9. The summed E-state index contributed by atoms with van der Waals surface area (Å²) in [6, 6.07) is 4.41. The molecular formula is C24H35FN3O9P. The van der Waals surface area contributed by atoms with Crippen LogP contribution in [0.2, 0.25) is 0 Å². The van der Waals surface area contributed by atoms with Crippen molar-refractivity contribution in [2.45, 2.75) is 51.1 Å². The SMILES string of the molecule is CC(C)Oc1ccc(F)cc1N1CCN(CC(O)CN2C(=O)C3CC(O)C(OP(=O)(O)O)CC3C2=O)CC1. The van der Waals surface area contributed by atoms with Crippen molar-refractivity contribution >= 4 is 25.3 Å². The van der Waals surface area contributed by atoms with Gasteiger partial charge in [0.05, 0.1) is 48.5 Å². The lowest BCUT2D eigenvalue weighted by Gasteiger charge is -2.37. The van der Waals surface area contributed by atoms with E-state index in [-0.39, 0.29) is 37.9 Å². The maximum absolute atomic E-state index is 13.9. The summed E-state index contributed by atoms with van der Waals surface area (Å²) in [5.41, 5.74) is 0.665. The third-order valence-corrected chi connectivity index (χ3v) is 7.74. The molecule has 5 atom stereocenters. The van der Waals surface area contributed by atoms with E-state index in [2.05, 4.69) is 4.52 Å². The van der Waals surface area contributed by atoms with Gasteiger partial charge in [0.15, 0.2) is 0 Å². The van der Waals surface area contributed by atoms with Crippen molar-refractivity contribution in [3.05, 3.63) is 24.0 Å². The zero-order valence-electron chi connectivity index (χ0n) is 21.3. The Morgan fingerprint density at radius 2 is 1.68 bits per heavy atom. The predicted octanol–water partition coefficient (Wildman–Crippen LogP) is 0.330. The summed E-state index contributed by atoms with van der Waals surface area (Å²) in [4.78, 5) is 48.9. The number of piperazine rings is 1. The molecule has 12 nitrogen and oxygen atoms in total. The highest BCUT2D eigenvalue weighted by atomic mass is 31.2. The molecular weight excluding hydrogens is 524 g/mol. The van der Waals surface area contributed by atoms with Gasteiger partial charge in [-0.2, -0.15) is 0 Å². The first kappa shape index (κ1) is 28.9. The first-order valence-corrected chi connectivity index (χ1v) is 14.2. The van der Waals surface area contributed by atoms with E-state index in [1.165, 1.54) is 12.1 Å². The van der Waals surface area contributed by atoms with E-state index in [4.69, 9.17) is 14.5 Å². The van der Waals surface area contributed by atoms with Crippen molar-refractivity contribution in [3.8, 4) is 5.75 Å². The molecule has 4 N–H and O–H groups in total. The second kappa shape index (κ2) is 11.5. The molecule has 1 aliphatic carbocycles. The molecule has 2 saturated heterocycles. The lowest BCUT2D eigenvalue weighted by atomic mass is 9.78. The Hall–Kier alpha value is -2.12. The first-order valence-electron chi connectivity index (χ1n) is 12.7. The van der Waals surface area contributed by atoms with Crippen LogP contribution in [0.1, 0.15) is 26.7 Å². The zero-order valence-corrected chi connectivity index (χ0v) is 22.2. The molecule has 5 unspecified atom stereocenters. The van der Waals surface area contributed by atoms with Crippen LogP contribution in [-0.4, -0.2) is 105 Å². The second-order valence-electron chi connectivity index (χ2n) is 10.4. The maximum atomic E-state index is 13.9. The number of anilines is 1. The lowest BCUT2D eigenvalue weighted by molar-refractivity contribution is -0.141. The molecule has 0 aromatic heterocycles. The Morgan fingerprint density at radius 3 is 2.29 bits per heavy atom. The third-order valence-electron chi connectivity index (χ3n) is 7.19. The number of fused-ring (bicyclic) bond motifs is 1. The van der Waals surface area contributed by atoms with Gasteiger partial charge < -0.3 is 29.6 Å². The molecule has 1 aromatic rings. The molecule has 1 saturated carbocycles. The summed E-state index contributed by atoms with van der Waals surface area (Å²) < 4.78 is 35.6. The normalized spacial score (nSPS) is 27.7.